The quantitative estimate of drug-likeness (QED) is 0.275. The SMILES string of the molecule is Cc1cc2c(cnn2C2CCCCO2)c(-c2ccc3c(N4C[C@H]5CC[C@@H](C4)N5C(=O)O)nc(OCC4CCCN4C)nc3c2F)c1C. The minimum Gasteiger partial charge on any atom is -0.465 e. The summed E-state index contributed by atoms with van der Waals surface area (Å²) in [5.41, 5.74) is 4.40. The number of carboxylic acid groups (broad SMARTS) is 1. The molecule has 11 nitrogen and oxygen atoms in total. The van der Waals surface area contributed by atoms with Crippen LogP contribution in [0.25, 0.3) is 32.9 Å². The molecule has 2 aromatic heterocycles. The van der Waals surface area contributed by atoms with E-state index in [4.69, 9.17) is 24.5 Å². The Morgan fingerprint density at radius 1 is 1.06 bits per heavy atom. The van der Waals surface area contributed by atoms with Crippen molar-refractivity contribution in [3.8, 4) is 17.1 Å². The van der Waals surface area contributed by atoms with Crippen molar-refractivity contribution in [3.63, 3.8) is 0 Å². The zero-order valence-electron chi connectivity index (χ0n) is 27.3. The van der Waals surface area contributed by atoms with Crippen LogP contribution in [0.3, 0.4) is 0 Å². The molecule has 12 heteroatoms. The zero-order valence-corrected chi connectivity index (χ0v) is 27.3. The van der Waals surface area contributed by atoms with Gasteiger partial charge in [-0.3, -0.25) is 4.90 Å². The molecule has 2 aromatic carbocycles. The van der Waals surface area contributed by atoms with Crippen molar-refractivity contribution >= 4 is 33.7 Å². The molecule has 4 atom stereocenters. The zero-order chi connectivity index (χ0) is 32.4. The van der Waals surface area contributed by atoms with E-state index in [0.29, 0.717) is 43.1 Å². The minimum absolute atomic E-state index is 0.134. The number of hydrogen-bond donors (Lipinski definition) is 1. The van der Waals surface area contributed by atoms with Crippen molar-refractivity contribution in [1.29, 1.82) is 0 Å². The van der Waals surface area contributed by atoms with Crippen molar-refractivity contribution in [2.75, 3.05) is 44.8 Å². The molecule has 4 saturated heterocycles. The number of halogens is 1. The number of fused-ring (bicyclic) bond motifs is 4. The first-order chi connectivity index (χ1) is 22.8. The molecular formula is C35H42FN7O4. The van der Waals surface area contributed by atoms with E-state index >= 15 is 4.39 Å². The summed E-state index contributed by atoms with van der Waals surface area (Å²) in [7, 11) is 2.09. The number of benzene rings is 2. The number of nitrogens with zero attached hydrogens (tertiary/aromatic N) is 7. The third-order valence-corrected chi connectivity index (χ3v) is 11.0. The highest BCUT2D eigenvalue weighted by Crippen LogP contribution is 2.41. The highest BCUT2D eigenvalue weighted by Gasteiger charge is 2.43. The Kier molecular flexibility index (Phi) is 7.67. The second-order valence-corrected chi connectivity index (χ2v) is 13.8. The first-order valence-corrected chi connectivity index (χ1v) is 17.0. The molecule has 4 aromatic rings. The van der Waals surface area contributed by atoms with Gasteiger partial charge in [0.05, 0.1) is 23.8 Å². The van der Waals surface area contributed by atoms with E-state index in [0.717, 1.165) is 79.1 Å². The van der Waals surface area contributed by atoms with Crippen LogP contribution in [-0.4, -0.2) is 98.8 Å². The van der Waals surface area contributed by atoms with Crippen LogP contribution >= 0.6 is 0 Å². The van der Waals surface area contributed by atoms with Gasteiger partial charge < -0.3 is 24.4 Å². The molecule has 1 N–H and O–H groups in total. The second-order valence-electron chi connectivity index (χ2n) is 13.8. The van der Waals surface area contributed by atoms with Gasteiger partial charge in [0.1, 0.15) is 17.9 Å². The lowest BCUT2D eigenvalue weighted by Crippen LogP contribution is -2.55. The van der Waals surface area contributed by atoms with Crippen molar-refractivity contribution in [3.05, 3.63) is 41.3 Å². The molecule has 4 aliphatic rings. The van der Waals surface area contributed by atoms with E-state index in [1.165, 1.54) is 0 Å². The van der Waals surface area contributed by atoms with Gasteiger partial charge in [-0.1, -0.05) is 6.07 Å². The van der Waals surface area contributed by atoms with Gasteiger partial charge in [-0.05, 0) is 101 Å². The summed E-state index contributed by atoms with van der Waals surface area (Å²) < 4.78 is 31.3. The van der Waals surface area contributed by atoms with Crippen molar-refractivity contribution < 1.29 is 23.8 Å². The van der Waals surface area contributed by atoms with Gasteiger partial charge in [0.25, 0.3) is 0 Å². The summed E-state index contributed by atoms with van der Waals surface area (Å²) in [6.45, 7) is 7.19. The summed E-state index contributed by atoms with van der Waals surface area (Å²) in [5.74, 6) is 0.156. The van der Waals surface area contributed by atoms with E-state index in [-0.39, 0.29) is 35.9 Å². The fraction of sp³-hybridized carbons (Fsp3) is 0.543. The number of likely N-dealkylation sites (tertiary alicyclic amines) is 1. The summed E-state index contributed by atoms with van der Waals surface area (Å²) in [6.07, 6.45) is 7.56. The molecule has 2 bridgehead atoms. The van der Waals surface area contributed by atoms with Crippen LogP contribution in [0.15, 0.2) is 24.4 Å². The molecule has 6 heterocycles. The average Bonchev–Trinajstić information content (AvgIpc) is 3.76. The topological polar surface area (TPSA) is 109 Å². The largest absolute Gasteiger partial charge is 0.465 e. The number of likely N-dealkylation sites (N-methyl/N-ethyl adjacent to an activating group) is 1. The Labute approximate surface area is 273 Å². The number of carbonyl (C=O) groups is 1. The van der Waals surface area contributed by atoms with Crippen molar-refractivity contribution in [1.82, 2.24) is 29.5 Å². The summed E-state index contributed by atoms with van der Waals surface area (Å²) >= 11 is 0. The Hall–Kier alpha value is -4.03. The van der Waals surface area contributed by atoms with Crippen molar-refractivity contribution in [2.24, 2.45) is 0 Å². The van der Waals surface area contributed by atoms with E-state index in [9.17, 15) is 9.90 Å². The average molecular weight is 644 g/mol. The molecule has 2 unspecified atom stereocenters. The Morgan fingerprint density at radius 2 is 1.87 bits per heavy atom. The number of aryl methyl sites for hydroxylation is 1. The Bertz CT molecular complexity index is 1840. The molecule has 0 aliphatic carbocycles. The third-order valence-electron chi connectivity index (χ3n) is 11.0. The van der Waals surface area contributed by atoms with Crippen LogP contribution in [0.4, 0.5) is 15.0 Å². The Balaban J connectivity index is 1.24. The molecule has 4 aliphatic heterocycles. The number of ether oxygens (including phenoxy) is 2. The van der Waals surface area contributed by atoms with E-state index in [2.05, 4.69) is 22.9 Å². The molecular weight excluding hydrogens is 601 g/mol. The number of hydrogen-bond acceptors (Lipinski definition) is 8. The predicted octanol–water partition coefficient (Wildman–Crippen LogP) is 5.91. The van der Waals surface area contributed by atoms with Crippen molar-refractivity contribution in [2.45, 2.75) is 83.1 Å². The van der Waals surface area contributed by atoms with Gasteiger partial charge in [-0.25, -0.2) is 13.9 Å². The number of piperazine rings is 1. The molecule has 8 rings (SSSR count). The van der Waals surface area contributed by atoms with E-state index in [1.807, 2.05) is 36.9 Å². The number of rotatable bonds is 6. The lowest BCUT2D eigenvalue weighted by Gasteiger charge is -2.40. The maximum Gasteiger partial charge on any atom is 0.407 e. The molecule has 0 spiro atoms. The molecule has 47 heavy (non-hydrogen) atoms. The van der Waals surface area contributed by atoms with Crippen LogP contribution < -0.4 is 9.64 Å². The maximum absolute atomic E-state index is 17.1. The monoisotopic (exact) mass is 643 g/mol. The molecule has 0 radical (unpaired) electrons. The fourth-order valence-corrected chi connectivity index (χ4v) is 8.29. The molecule has 4 fully saturated rings. The smallest absolute Gasteiger partial charge is 0.407 e. The first-order valence-electron chi connectivity index (χ1n) is 17.0. The fourth-order valence-electron chi connectivity index (χ4n) is 8.29. The van der Waals surface area contributed by atoms with E-state index < -0.39 is 11.9 Å². The van der Waals surface area contributed by atoms with Crippen LogP contribution in [0, 0.1) is 19.7 Å². The molecule has 248 valence electrons. The summed E-state index contributed by atoms with van der Waals surface area (Å²) in [4.78, 5) is 27.5. The first kappa shape index (κ1) is 30.3. The Morgan fingerprint density at radius 3 is 2.57 bits per heavy atom. The van der Waals surface area contributed by atoms with E-state index in [1.54, 1.807) is 4.90 Å². The third kappa shape index (κ3) is 5.16. The molecule has 0 saturated carbocycles. The lowest BCUT2D eigenvalue weighted by atomic mass is 9.92. The predicted molar refractivity (Wildman–Crippen MR) is 177 cm³/mol. The normalized spacial score (nSPS) is 24.9. The van der Waals surface area contributed by atoms with Crippen LogP contribution in [-0.2, 0) is 4.74 Å². The van der Waals surface area contributed by atoms with Gasteiger partial charge in [0.2, 0.25) is 0 Å². The van der Waals surface area contributed by atoms with Crippen LogP contribution in [0.1, 0.15) is 62.3 Å². The minimum atomic E-state index is -0.886. The van der Waals surface area contributed by atoms with Gasteiger partial charge >= 0.3 is 12.1 Å². The summed E-state index contributed by atoms with van der Waals surface area (Å²) in [5, 5.41) is 16.1. The lowest BCUT2D eigenvalue weighted by molar-refractivity contribution is -0.0366. The van der Waals surface area contributed by atoms with Gasteiger partial charge in [0, 0.05) is 42.1 Å². The standard InChI is InChI=1S/C35H42FN7O4/c1-20-15-28-27(16-37-43(28)29-8-4-5-14-46-29)30(21(20)2)25-11-12-26-32(31(25)36)38-34(47-19-24-7-6-13-40(24)3)39-33(26)41-17-22-9-10-23(18-41)42(22)35(44)45/h11-12,15-16,22-24,29H,4-10,13-14,17-19H2,1-3H3,(H,44,45)/t22-,23+,24?,29?. The number of amides is 1. The molecule has 1 amide bonds. The van der Waals surface area contributed by atoms with Crippen LogP contribution in [0.5, 0.6) is 6.01 Å². The highest BCUT2D eigenvalue weighted by atomic mass is 19.1. The van der Waals surface area contributed by atoms with Gasteiger partial charge in [0.15, 0.2) is 12.0 Å². The van der Waals surface area contributed by atoms with Crippen LogP contribution in [0.2, 0.25) is 0 Å². The second kappa shape index (κ2) is 11.9. The summed E-state index contributed by atoms with van der Waals surface area (Å²) in [6, 6.07) is 5.98. The van der Waals surface area contributed by atoms with Gasteiger partial charge in [-0.2, -0.15) is 15.1 Å². The number of aromatic nitrogens is 4. The number of anilines is 1. The maximum atomic E-state index is 17.1. The highest BCUT2D eigenvalue weighted by molar-refractivity contribution is 6.01. The van der Waals surface area contributed by atoms with Gasteiger partial charge in [-0.15, -0.1) is 0 Å².